The summed E-state index contributed by atoms with van der Waals surface area (Å²) in [6.07, 6.45) is 9.10. The summed E-state index contributed by atoms with van der Waals surface area (Å²) in [5, 5.41) is 9.99. The van der Waals surface area contributed by atoms with Crippen molar-refractivity contribution in [3.8, 4) is 0 Å². The lowest BCUT2D eigenvalue weighted by molar-refractivity contribution is 0.575. The van der Waals surface area contributed by atoms with Crippen molar-refractivity contribution in [1.82, 2.24) is 19.7 Å². The number of fused-ring (bicyclic) bond motifs is 1. The molecule has 2 aromatic heterocycles. The molecule has 0 aliphatic carbocycles. The highest BCUT2D eigenvalue weighted by Gasteiger charge is 2.12. The molecular weight excluding hydrogens is 306 g/mol. The second-order valence-electron chi connectivity index (χ2n) is 5.82. The third-order valence-corrected chi connectivity index (χ3v) is 4.63. The zero-order valence-corrected chi connectivity index (χ0v) is 15.5. The molecule has 5 nitrogen and oxygen atoms in total. The number of hydrogen-bond acceptors (Lipinski definition) is 5. The molecule has 23 heavy (non-hydrogen) atoms. The van der Waals surface area contributed by atoms with E-state index in [2.05, 4.69) is 42.4 Å². The van der Waals surface area contributed by atoms with Gasteiger partial charge in [-0.3, -0.25) is 4.68 Å². The maximum absolute atomic E-state index is 4.73. The highest BCUT2D eigenvalue weighted by molar-refractivity contribution is 7.99. The van der Waals surface area contributed by atoms with E-state index in [0.717, 1.165) is 53.7 Å². The molecule has 0 aliphatic rings. The van der Waals surface area contributed by atoms with Gasteiger partial charge in [0.15, 0.2) is 10.8 Å². The lowest BCUT2D eigenvalue weighted by Gasteiger charge is -2.07. The largest absolute Gasteiger partial charge is 0.369 e. The molecule has 0 spiro atoms. The summed E-state index contributed by atoms with van der Waals surface area (Å²) in [5.41, 5.74) is 0.814. The van der Waals surface area contributed by atoms with Gasteiger partial charge in [0.25, 0.3) is 0 Å². The molecule has 0 unspecified atom stereocenters. The molecule has 128 valence electrons. The van der Waals surface area contributed by atoms with Crippen molar-refractivity contribution in [2.24, 2.45) is 0 Å². The van der Waals surface area contributed by atoms with Crippen LogP contribution in [0.1, 0.15) is 59.3 Å². The summed E-state index contributed by atoms with van der Waals surface area (Å²) < 4.78 is 2.01. The molecule has 2 aromatic rings. The lowest BCUT2D eigenvalue weighted by Crippen LogP contribution is -2.04. The first-order valence-corrected chi connectivity index (χ1v) is 9.88. The Morgan fingerprint density at radius 2 is 1.83 bits per heavy atom. The van der Waals surface area contributed by atoms with Crippen molar-refractivity contribution in [3.63, 3.8) is 0 Å². The van der Waals surface area contributed by atoms with Gasteiger partial charge >= 0.3 is 0 Å². The predicted octanol–water partition coefficient (Wildman–Crippen LogP) is 4.73. The van der Waals surface area contributed by atoms with E-state index in [1.807, 2.05) is 4.68 Å². The fourth-order valence-corrected chi connectivity index (χ4v) is 3.18. The molecule has 2 rings (SSSR count). The van der Waals surface area contributed by atoms with E-state index in [-0.39, 0.29) is 0 Å². The summed E-state index contributed by atoms with van der Waals surface area (Å²) in [4.78, 5) is 9.37. The first-order chi connectivity index (χ1) is 11.3. The van der Waals surface area contributed by atoms with Gasteiger partial charge in [-0.2, -0.15) is 5.10 Å². The van der Waals surface area contributed by atoms with Gasteiger partial charge in [-0.1, -0.05) is 51.8 Å². The average molecular weight is 336 g/mol. The fourth-order valence-electron chi connectivity index (χ4n) is 2.26. The van der Waals surface area contributed by atoms with Crippen molar-refractivity contribution in [2.75, 3.05) is 17.6 Å². The zero-order valence-electron chi connectivity index (χ0n) is 14.6. The normalized spacial score (nSPS) is 11.3. The van der Waals surface area contributed by atoms with E-state index in [1.54, 1.807) is 11.8 Å². The topological polar surface area (TPSA) is 55.6 Å². The van der Waals surface area contributed by atoms with E-state index in [4.69, 9.17) is 4.98 Å². The fraction of sp³-hybridized carbons (Fsp3) is 0.706. The van der Waals surface area contributed by atoms with Crippen LogP contribution < -0.4 is 5.32 Å². The number of unbranched alkanes of at least 4 members (excludes halogenated alkanes) is 3. The maximum atomic E-state index is 4.73. The van der Waals surface area contributed by atoms with Crippen LogP contribution in [0.4, 0.5) is 5.82 Å². The molecule has 6 heteroatoms. The number of hydrogen-bond donors (Lipinski definition) is 1. The first kappa shape index (κ1) is 18.0. The van der Waals surface area contributed by atoms with E-state index in [1.165, 1.54) is 25.7 Å². The molecule has 0 fully saturated rings. The number of anilines is 1. The summed E-state index contributed by atoms with van der Waals surface area (Å²) in [6, 6.07) is 0. The Hall–Kier alpha value is -1.30. The van der Waals surface area contributed by atoms with Crippen LogP contribution in [0.3, 0.4) is 0 Å². The van der Waals surface area contributed by atoms with E-state index in [0.29, 0.717) is 0 Å². The third kappa shape index (κ3) is 5.37. The standard InChI is InChI=1S/C17H29N5S/c1-4-7-10-18-15-14-13-22(11-8-5-2)21-16(14)20-17(19-15)23-12-9-6-3/h13H,4-12H2,1-3H3,(H,18,19,20,21). The van der Waals surface area contributed by atoms with Crippen LogP contribution in [0.25, 0.3) is 11.0 Å². The predicted molar refractivity (Wildman–Crippen MR) is 99.3 cm³/mol. The van der Waals surface area contributed by atoms with Gasteiger partial charge in [0.05, 0.1) is 5.39 Å². The van der Waals surface area contributed by atoms with Gasteiger partial charge < -0.3 is 5.32 Å². The van der Waals surface area contributed by atoms with Crippen LogP contribution >= 0.6 is 11.8 Å². The number of nitrogens with one attached hydrogen (secondary N) is 1. The maximum Gasteiger partial charge on any atom is 0.191 e. The molecule has 2 heterocycles. The minimum Gasteiger partial charge on any atom is -0.369 e. The minimum absolute atomic E-state index is 0.814. The molecule has 0 saturated heterocycles. The number of rotatable bonds is 11. The summed E-state index contributed by atoms with van der Waals surface area (Å²) >= 11 is 1.73. The van der Waals surface area contributed by atoms with Crippen LogP contribution in [0.2, 0.25) is 0 Å². The number of aryl methyl sites for hydroxylation is 1. The Morgan fingerprint density at radius 3 is 2.57 bits per heavy atom. The summed E-state index contributed by atoms with van der Waals surface area (Å²) in [6.45, 7) is 8.49. The molecule has 0 aromatic carbocycles. The third-order valence-electron chi connectivity index (χ3n) is 3.70. The molecule has 0 aliphatic heterocycles. The Kier molecular flexibility index (Phi) is 7.65. The van der Waals surface area contributed by atoms with Crippen LogP contribution in [0, 0.1) is 0 Å². The second kappa shape index (κ2) is 9.75. The second-order valence-corrected chi connectivity index (χ2v) is 6.88. The highest BCUT2D eigenvalue weighted by atomic mass is 32.2. The smallest absolute Gasteiger partial charge is 0.191 e. The van der Waals surface area contributed by atoms with Gasteiger partial charge in [-0.05, 0) is 19.3 Å². The van der Waals surface area contributed by atoms with Gasteiger partial charge in [-0.25, -0.2) is 9.97 Å². The van der Waals surface area contributed by atoms with Crippen LogP contribution in [0.15, 0.2) is 11.4 Å². The Balaban J connectivity index is 2.22. The number of nitrogens with zero attached hydrogens (tertiary/aromatic N) is 4. The number of thioether (sulfide) groups is 1. The van der Waals surface area contributed by atoms with E-state index >= 15 is 0 Å². The van der Waals surface area contributed by atoms with Gasteiger partial charge in [0.1, 0.15) is 5.82 Å². The monoisotopic (exact) mass is 335 g/mol. The van der Waals surface area contributed by atoms with Gasteiger partial charge in [0.2, 0.25) is 0 Å². The molecule has 1 N–H and O–H groups in total. The summed E-state index contributed by atoms with van der Waals surface area (Å²) in [5.74, 6) is 2.00. The summed E-state index contributed by atoms with van der Waals surface area (Å²) in [7, 11) is 0. The SMILES string of the molecule is CCCCNc1nc(SCCCC)nc2nn(CCCC)cc12. The van der Waals surface area contributed by atoms with Crippen LogP contribution in [-0.4, -0.2) is 32.0 Å². The molecule has 0 saturated carbocycles. The first-order valence-electron chi connectivity index (χ1n) is 8.90. The Labute approximate surface area is 143 Å². The quantitative estimate of drug-likeness (QED) is 0.365. The van der Waals surface area contributed by atoms with Crippen molar-refractivity contribution >= 4 is 28.6 Å². The molecule has 0 bridgehead atoms. The Bertz CT molecular complexity index is 596. The van der Waals surface area contributed by atoms with Crippen molar-refractivity contribution in [2.45, 2.75) is 71.0 Å². The van der Waals surface area contributed by atoms with Crippen LogP contribution in [0.5, 0.6) is 0 Å². The van der Waals surface area contributed by atoms with Crippen molar-refractivity contribution in [3.05, 3.63) is 6.20 Å². The Morgan fingerprint density at radius 1 is 1.04 bits per heavy atom. The highest BCUT2D eigenvalue weighted by Crippen LogP contribution is 2.24. The van der Waals surface area contributed by atoms with Crippen molar-refractivity contribution < 1.29 is 0 Å². The molecule has 0 amide bonds. The average Bonchev–Trinajstić information content (AvgIpc) is 2.96. The van der Waals surface area contributed by atoms with Crippen LogP contribution in [-0.2, 0) is 6.54 Å². The number of aromatic nitrogens is 4. The minimum atomic E-state index is 0.814. The molecule has 0 radical (unpaired) electrons. The zero-order chi connectivity index (χ0) is 16.5. The van der Waals surface area contributed by atoms with Gasteiger partial charge in [-0.15, -0.1) is 0 Å². The van der Waals surface area contributed by atoms with E-state index < -0.39 is 0 Å². The van der Waals surface area contributed by atoms with Crippen molar-refractivity contribution in [1.29, 1.82) is 0 Å². The van der Waals surface area contributed by atoms with E-state index in [9.17, 15) is 0 Å². The molecular formula is C17H29N5S. The molecule has 0 atom stereocenters. The van der Waals surface area contributed by atoms with Gasteiger partial charge in [0, 0.05) is 25.0 Å². The lowest BCUT2D eigenvalue weighted by atomic mass is 10.3.